The molecular weight excluding hydrogens is 373 g/mol. The predicted molar refractivity (Wildman–Crippen MR) is 95.6 cm³/mol. The number of halogens is 3. The van der Waals surface area contributed by atoms with Crippen LogP contribution in [0.3, 0.4) is 0 Å². The van der Waals surface area contributed by atoms with Gasteiger partial charge in [0.1, 0.15) is 4.60 Å². The Kier molecular flexibility index (Phi) is 8.50. The van der Waals surface area contributed by atoms with Gasteiger partial charge in [-0.2, -0.15) is 0 Å². The molecule has 1 aliphatic heterocycles. The van der Waals surface area contributed by atoms with E-state index in [2.05, 4.69) is 43.3 Å². The molecule has 3 nitrogen and oxygen atoms in total. The van der Waals surface area contributed by atoms with Gasteiger partial charge in [-0.15, -0.1) is 24.8 Å². The Balaban J connectivity index is 0.00000110. The monoisotopic (exact) mass is 395 g/mol. The topological polar surface area (TPSA) is 28.2 Å². The van der Waals surface area contributed by atoms with E-state index in [4.69, 9.17) is 0 Å². The third kappa shape index (κ3) is 4.80. The van der Waals surface area contributed by atoms with E-state index in [9.17, 15) is 0 Å². The highest BCUT2D eigenvalue weighted by atomic mass is 79.9. The molecule has 0 unspecified atom stereocenters. The van der Waals surface area contributed by atoms with Crippen molar-refractivity contribution in [1.82, 2.24) is 15.2 Å². The summed E-state index contributed by atoms with van der Waals surface area (Å²) in [6, 6.07) is 5.00. The largest absolute Gasteiger partial charge is 0.314 e. The Bertz CT molecular complexity index is 421. The smallest absolute Gasteiger partial charge is 0.106 e. The minimum atomic E-state index is 0. The molecule has 120 valence electrons. The SMILES string of the molecule is Brc1cc([C@@H](C2CCCC2)N2CCNCC2)ccn1.Cl.Cl. The van der Waals surface area contributed by atoms with Crippen LogP contribution in [0.2, 0.25) is 0 Å². The van der Waals surface area contributed by atoms with Crippen LogP contribution in [0.5, 0.6) is 0 Å². The number of hydrogen-bond acceptors (Lipinski definition) is 3. The van der Waals surface area contributed by atoms with Crippen LogP contribution in [0.15, 0.2) is 22.9 Å². The zero-order valence-electron chi connectivity index (χ0n) is 12.1. The number of rotatable bonds is 3. The van der Waals surface area contributed by atoms with Crippen LogP contribution in [-0.2, 0) is 0 Å². The molecular formula is C15H24BrCl2N3. The highest BCUT2D eigenvalue weighted by molar-refractivity contribution is 9.10. The second-order valence-corrected chi connectivity index (χ2v) is 6.50. The highest BCUT2D eigenvalue weighted by Crippen LogP contribution is 2.39. The lowest BCUT2D eigenvalue weighted by Crippen LogP contribution is -2.46. The normalized spacial score (nSPS) is 21.4. The standard InChI is InChI=1S/C15H22BrN3.2ClH/c16-14-11-13(5-6-18-14)15(12-3-1-2-4-12)19-9-7-17-8-10-19;;/h5-6,11-12,15,17H,1-4,7-10H2;2*1H/t15-;;/m1../s1. The number of piperazine rings is 1. The minimum absolute atomic E-state index is 0. The molecule has 1 aliphatic carbocycles. The Labute approximate surface area is 148 Å². The van der Waals surface area contributed by atoms with E-state index >= 15 is 0 Å². The van der Waals surface area contributed by atoms with Crippen molar-refractivity contribution in [2.75, 3.05) is 26.2 Å². The first kappa shape index (κ1) is 19.2. The molecule has 2 aliphatic rings. The summed E-state index contributed by atoms with van der Waals surface area (Å²) in [6.07, 6.45) is 7.51. The van der Waals surface area contributed by atoms with E-state index in [1.807, 2.05) is 6.20 Å². The van der Waals surface area contributed by atoms with Gasteiger partial charge in [-0.3, -0.25) is 4.90 Å². The molecule has 1 aromatic heterocycles. The minimum Gasteiger partial charge on any atom is -0.314 e. The molecule has 1 aromatic rings. The van der Waals surface area contributed by atoms with Crippen LogP contribution < -0.4 is 5.32 Å². The maximum atomic E-state index is 4.28. The van der Waals surface area contributed by atoms with Crippen LogP contribution in [-0.4, -0.2) is 36.1 Å². The molecule has 0 spiro atoms. The summed E-state index contributed by atoms with van der Waals surface area (Å²) in [7, 11) is 0. The van der Waals surface area contributed by atoms with Gasteiger partial charge in [0.2, 0.25) is 0 Å². The quantitative estimate of drug-likeness (QED) is 0.787. The Morgan fingerprint density at radius 2 is 1.86 bits per heavy atom. The molecule has 21 heavy (non-hydrogen) atoms. The zero-order chi connectivity index (χ0) is 13.1. The lowest BCUT2D eigenvalue weighted by molar-refractivity contribution is 0.125. The van der Waals surface area contributed by atoms with E-state index in [-0.39, 0.29) is 24.8 Å². The van der Waals surface area contributed by atoms with E-state index in [1.165, 1.54) is 44.3 Å². The van der Waals surface area contributed by atoms with Crippen molar-refractivity contribution in [3.8, 4) is 0 Å². The number of pyridine rings is 1. The summed E-state index contributed by atoms with van der Waals surface area (Å²) in [5.41, 5.74) is 1.44. The van der Waals surface area contributed by atoms with Gasteiger partial charge < -0.3 is 5.32 Å². The van der Waals surface area contributed by atoms with Gasteiger partial charge >= 0.3 is 0 Å². The second kappa shape index (κ2) is 9.31. The van der Waals surface area contributed by atoms with Crippen molar-refractivity contribution < 1.29 is 0 Å². The van der Waals surface area contributed by atoms with Crippen LogP contribution >= 0.6 is 40.7 Å². The fourth-order valence-corrected chi connectivity index (χ4v) is 4.00. The maximum absolute atomic E-state index is 4.28. The number of aromatic nitrogens is 1. The lowest BCUT2D eigenvalue weighted by atomic mass is 9.90. The van der Waals surface area contributed by atoms with Gasteiger partial charge in [-0.1, -0.05) is 12.8 Å². The van der Waals surface area contributed by atoms with Crippen LogP contribution in [0.1, 0.15) is 37.3 Å². The number of nitrogens with zero attached hydrogens (tertiary/aromatic N) is 2. The number of nitrogens with one attached hydrogen (secondary N) is 1. The molecule has 3 rings (SSSR count). The second-order valence-electron chi connectivity index (χ2n) is 5.69. The first-order valence-corrected chi connectivity index (χ1v) is 8.20. The van der Waals surface area contributed by atoms with Crippen molar-refractivity contribution in [3.05, 3.63) is 28.5 Å². The molecule has 2 heterocycles. The van der Waals surface area contributed by atoms with Gasteiger partial charge in [0.05, 0.1) is 0 Å². The van der Waals surface area contributed by atoms with Gasteiger partial charge in [0.15, 0.2) is 0 Å². The molecule has 0 amide bonds. The predicted octanol–water partition coefficient (Wildman–Crippen LogP) is 3.82. The Morgan fingerprint density at radius 1 is 1.19 bits per heavy atom. The summed E-state index contributed by atoms with van der Waals surface area (Å²) in [4.78, 5) is 6.95. The van der Waals surface area contributed by atoms with Crippen LogP contribution in [0.4, 0.5) is 0 Å². The molecule has 2 fully saturated rings. The third-order valence-corrected chi connectivity index (χ3v) is 4.92. The van der Waals surface area contributed by atoms with Crippen molar-refractivity contribution >= 4 is 40.7 Å². The Hall–Kier alpha value is 0.130. The molecule has 1 saturated carbocycles. The molecule has 1 saturated heterocycles. The number of hydrogen-bond donors (Lipinski definition) is 1. The van der Waals surface area contributed by atoms with E-state index in [0.29, 0.717) is 6.04 Å². The fraction of sp³-hybridized carbons (Fsp3) is 0.667. The van der Waals surface area contributed by atoms with Gasteiger partial charge in [-0.05, 0) is 52.4 Å². The van der Waals surface area contributed by atoms with Gasteiger partial charge in [0, 0.05) is 38.4 Å². The van der Waals surface area contributed by atoms with Crippen molar-refractivity contribution in [1.29, 1.82) is 0 Å². The molecule has 0 bridgehead atoms. The highest BCUT2D eigenvalue weighted by Gasteiger charge is 2.31. The van der Waals surface area contributed by atoms with Crippen molar-refractivity contribution in [2.45, 2.75) is 31.7 Å². The van der Waals surface area contributed by atoms with Gasteiger partial charge in [-0.25, -0.2) is 4.98 Å². The molecule has 0 aromatic carbocycles. The summed E-state index contributed by atoms with van der Waals surface area (Å²) in [5.74, 6) is 0.826. The molecule has 1 N–H and O–H groups in total. The van der Waals surface area contributed by atoms with Gasteiger partial charge in [0.25, 0.3) is 0 Å². The molecule has 0 radical (unpaired) electrons. The first-order chi connectivity index (χ1) is 9.34. The average molecular weight is 397 g/mol. The van der Waals surface area contributed by atoms with Crippen molar-refractivity contribution in [3.63, 3.8) is 0 Å². The first-order valence-electron chi connectivity index (χ1n) is 7.41. The van der Waals surface area contributed by atoms with E-state index in [0.717, 1.165) is 23.6 Å². The lowest BCUT2D eigenvalue weighted by Gasteiger charge is -2.38. The van der Waals surface area contributed by atoms with Crippen molar-refractivity contribution in [2.24, 2.45) is 5.92 Å². The zero-order valence-corrected chi connectivity index (χ0v) is 15.4. The van der Waals surface area contributed by atoms with E-state index < -0.39 is 0 Å². The molecule has 1 atom stereocenters. The van der Waals surface area contributed by atoms with Crippen LogP contribution in [0, 0.1) is 5.92 Å². The summed E-state index contributed by atoms with van der Waals surface area (Å²) >= 11 is 3.52. The maximum Gasteiger partial charge on any atom is 0.106 e. The Morgan fingerprint density at radius 3 is 2.48 bits per heavy atom. The third-order valence-electron chi connectivity index (χ3n) is 4.48. The van der Waals surface area contributed by atoms with Crippen LogP contribution in [0.25, 0.3) is 0 Å². The summed E-state index contributed by atoms with van der Waals surface area (Å²) < 4.78 is 0.961. The fourth-order valence-electron chi connectivity index (χ4n) is 3.62. The average Bonchev–Trinajstić information content (AvgIpc) is 2.94. The van der Waals surface area contributed by atoms with E-state index in [1.54, 1.807) is 0 Å². The molecule has 6 heteroatoms. The summed E-state index contributed by atoms with van der Waals surface area (Å²) in [6.45, 7) is 4.58. The summed E-state index contributed by atoms with van der Waals surface area (Å²) in [5, 5.41) is 3.46.